The van der Waals surface area contributed by atoms with Gasteiger partial charge in [0.25, 0.3) is 0 Å². The molecule has 0 fully saturated rings. The highest BCUT2D eigenvalue weighted by atomic mass is 35.5. The van der Waals surface area contributed by atoms with Crippen molar-refractivity contribution in [1.82, 2.24) is 9.55 Å². The lowest BCUT2D eigenvalue weighted by Gasteiger charge is -2.30. The Morgan fingerprint density at radius 1 is 1.39 bits per heavy atom. The van der Waals surface area contributed by atoms with Crippen molar-refractivity contribution in [1.29, 1.82) is 0 Å². The fraction of sp³-hybridized carbons (Fsp3) is 0.357. The van der Waals surface area contributed by atoms with E-state index in [0.29, 0.717) is 5.02 Å². The van der Waals surface area contributed by atoms with Gasteiger partial charge in [-0.05, 0) is 52.7 Å². The van der Waals surface area contributed by atoms with Crippen LogP contribution in [0.25, 0.3) is 0 Å². The molecule has 1 aromatic heterocycles. The SMILES string of the molecule is CN(C[C@](C)(O)Cn1cc([N+](=O)[O-])nc1Cl)c1ccc(Cl)cc1. The summed E-state index contributed by atoms with van der Waals surface area (Å²) < 4.78 is 1.36. The molecule has 2 rings (SSSR count). The Morgan fingerprint density at radius 3 is 2.52 bits per heavy atom. The molecule has 1 atom stereocenters. The van der Waals surface area contributed by atoms with Gasteiger partial charge in [0.1, 0.15) is 6.20 Å². The summed E-state index contributed by atoms with van der Waals surface area (Å²) >= 11 is 11.7. The van der Waals surface area contributed by atoms with E-state index in [1.165, 1.54) is 10.8 Å². The third kappa shape index (κ3) is 4.57. The Hall–Kier alpha value is -1.83. The average molecular weight is 359 g/mol. The largest absolute Gasteiger partial charge is 0.386 e. The van der Waals surface area contributed by atoms with Crippen LogP contribution in [0, 0.1) is 10.1 Å². The van der Waals surface area contributed by atoms with E-state index in [4.69, 9.17) is 23.2 Å². The van der Waals surface area contributed by atoms with Gasteiger partial charge in [0.05, 0.1) is 12.1 Å². The Bertz CT molecular complexity index is 701. The van der Waals surface area contributed by atoms with Crippen molar-refractivity contribution in [3.8, 4) is 0 Å². The lowest BCUT2D eigenvalue weighted by molar-refractivity contribution is -0.389. The lowest BCUT2D eigenvalue weighted by Crippen LogP contribution is -2.42. The molecule has 7 nitrogen and oxygen atoms in total. The third-order valence-electron chi connectivity index (χ3n) is 3.26. The summed E-state index contributed by atoms with van der Waals surface area (Å²) in [4.78, 5) is 15.6. The normalized spacial score (nSPS) is 13.6. The number of imidazole rings is 1. The van der Waals surface area contributed by atoms with E-state index in [2.05, 4.69) is 4.98 Å². The average Bonchev–Trinajstić information content (AvgIpc) is 2.79. The molecule has 1 aromatic carbocycles. The molecular weight excluding hydrogens is 343 g/mol. The summed E-state index contributed by atoms with van der Waals surface area (Å²) in [7, 11) is 1.83. The van der Waals surface area contributed by atoms with Gasteiger partial charge in [0, 0.05) is 24.3 Å². The number of likely N-dealkylation sites (N-methyl/N-ethyl adjacent to an activating group) is 1. The first-order chi connectivity index (χ1) is 10.7. The van der Waals surface area contributed by atoms with Crippen LogP contribution in [0.4, 0.5) is 11.5 Å². The monoisotopic (exact) mass is 358 g/mol. The molecule has 0 aliphatic heterocycles. The van der Waals surface area contributed by atoms with E-state index in [1.54, 1.807) is 19.1 Å². The van der Waals surface area contributed by atoms with Gasteiger partial charge in [-0.3, -0.25) is 4.57 Å². The van der Waals surface area contributed by atoms with Crippen LogP contribution in [-0.2, 0) is 6.54 Å². The molecule has 0 amide bonds. The van der Waals surface area contributed by atoms with Crippen LogP contribution in [-0.4, -0.2) is 38.8 Å². The van der Waals surface area contributed by atoms with Crippen molar-refractivity contribution in [2.45, 2.75) is 19.1 Å². The van der Waals surface area contributed by atoms with E-state index in [9.17, 15) is 15.2 Å². The van der Waals surface area contributed by atoms with Crippen molar-refractivity contribution in [3.63, 3.8) is 0 Å². The van der Waals surface area contributed by atoms with Gasteiger partial charge in [-0.15, -0.1) is 0 Å². The standard InChI is InChI=1S/C14H16Cl2N4O3/c1-14(21,8-18(2)11-5-3-10(15)4-6-11)9-19-7-12(20(22)23)17-13(19)16/h3-7,21H,8-9H2,1-2H3/t14-/m0/s1. The number of hydrogen-bond acceptors (Lipinski definition) is 5. The second-order valence-corrected chi connectivity index (χ2v) is 6.36. The van der Waals surface area contributed by atoms with Crippen molar-refractivity contribution >= 4 is 34.7 Å². The molecule has 0 spiro atoms. The molecular formula is C14H16Cl2N4O3. The van der Waals surface area contributed by atoms with Crippen molar-refractivity contribution in [3.05, 3.63) is 50.9 Å². The highest BCUT2D eigenvalue weighted by molar-refractivity contribution is 6.30. The number of nitrogens with zero attached hydrogens (tertiary/aromatic N) is 4. The van der Waals surface area contributed by atoms with Gasteiger partial charge in [-0.25, -0.2) is 0 Å². The minimum absolute atomic E-state index is 0.0360. The molecule has 0 saturated heterocycles. The Kier molecular flexibility index (Phi) is 5.13. The molecule has 0 aliphatic rings. The van der Waals surface area contributed by atoms with Crippen LogP contribution >= 0.6 is 23.2 Å². The number of rotatable bonds is 6. The first kappa shape index (κ1) is 17.5. The van der Waals surface area contributed by atoms with E-state index >= 15 is 0 Å². The van der Waals surface area contributed by atoms with Gasteiger partial charge < -0.3 is 20.1 Å². The van der Waals surface area contributed by atoms with Crippen LogP contribution in [0.15, 0.2) is 30.5 Å². The zero-order chi connectivity index (χ0) is 17.2. The molecule has 1 heterocycles. The molecule has 2 aromatic rings. The summed E-state index contributed by atoms with van der Waals surface area (Å²) in [6.07, 6.45) is 1.21. The van der Waals surface area contributed by atoms with Crippen molar-refractivity contribution in [2.24, 2.45) is 0 Å². The quantitative estimate of drug-likeness (QED) is 0.633. The summed E-state index contributed by atoms with van der Waals surface area (Å²) in [6.45, 7) is 1.99. The summed E-state index contributed by atoms with van der Waals surface area (Å²) in [5.74, 6) is -0.350. The minimum atomic E-state index is -1.17. The summed E-state index contributed by atoms with van der Waals surface area (Å²) in [5.41, 5.74) is -0.288. The zero-order valence-electron chi connectivity index (χ0n) is 12.6. The van der Waals surface area contributed by atoms with Crippen LogP contribution in [0.3, 0.4) is 0 Å². The molecule has 0 bridgehead atoms. The minimum Gasteiger partial charge on any atom is -0.386 e. The van der Waals surface area contributed by atoms with Gasteiger partial charge in [0.15, 0.2) is 0 Å². The molecule has 23 heavy (non-hydrogen) atoms. The maximum Gasteiger partial charge on any atom is 0.383 e. The topological polar surface area (TPSA) is 84.4 Å². The van der Waals surface area contributed by atoms with Crippen LogP contribution in [0.2, 0.25) is 10.3 Å². The van der Waals surface area contributed by atoms with Crippen LogP contribution < -0.4 is 4.90 Å². The van der Waals surface area contributed by atoms with Crippen LogP contribution in [0.5, 0.6) is 0 Å². The van der Waals surface area contributed by atoms with Gasteiger partial charge in [-0.1, -0.05) is 11.6 Å². The van der Waals surface area contributed by atoms with Crippen molar-refractivity contribution < 1.29 is 10.0 Å². The highest BCUT2D eigenvalue weighted by Gasteiger charge is 2.27. The predicted octanol–water partition coefficient (Wildman–Crippen LogP) is 2.99. The molecule has 124 valence electrons. The molecule has 0 radical (unpaired) electrons. The smallest absolute Gasteiger partial charge is 0.383 e. The second kappa shape index (κ2) is 6.74. The number of aliphatic hydroxyl groups is 1. The molecule has 0 saturated carbocycles. The number of halogens is 2. The van der Waals surface area contributed by atoms with E-state index < -0.39 is 10.5 Å². The zero-order valence-corrected chi connectivity index (χ0v) is 14.1. The van der Waals surface area contributed by atoms with E-state index in [0.717, 1.165) is 5.69 Å². The first-order valence-corrected chi connectivity index (χ1v) is 7.50. The Balaban J connectivity index is 2.09. The predicted molar refractivity (Wildman–Crippen MR) is 89.2 cm³/mol. The Morgan fingerprint density at radius 2 is 2.00 bits per heavy atom. The van der Waals surface area contributed by atoms with Crippen LogP contribution in [0.1, 0.15) is 6.92 Å². The number of hydrogen-bond donors (Lipinski definition) is 1. The summed E-state index contributed by atoms with van der Waals surface area (Å²) in [6, 6.07) is 7.21. The molecule has 1 N–H and O–H groups in total. The van der Waals surface area contributed by atoms with Gasteiger partial charge in [-0.2, -0.15) is 0 Å². The fourth-order valence-electron chi connectivity index (χ4n) is 2.29. The molecule has 0 unspecified atom stereocenters. The maximum atomic E-state index is 10.7. The van der Waals surface area contributed by atoms with Gasteiger partial charge in [0.2, 0.25) is 0 Å². The first-order valence-electron chi connectivity index (χ1n) is 6.74. The lowest BCUT2D eigenvalue weighted by atomic mass is 10.1. The molecule has 0 aliphatic carbocycles. The van der Waals surface area contributed by atoms with Crippen molar-refractivity contribution in [2.75, 3.05) is 18.5 Å². The maximum absolute atomic E-state index is 10.7. The third-order valence-corrected chi connectivity index (χ3v) is 3.81. The fourth-order valence-corrected chi connectivity index (χ4v) is 2.62. The number of nitro groups is 1. The van der Waals surface area contributed by atoms with E-state index in [-0.39, 0.29) is 24.2 Å². The summed E-state index contributed by atoms with van der Waals surface area (Å²) in [5, 5.41) is 21.9. The second-order valence-electron chi connectivity index (χ2n) is 5.58. The number of benzene rings is 1. The van der Waals surface area contributed by atoms with Gasteiger partial charge >= 0.3 is 11.1 Å². The highest BCUT2D eigenvalue weighted by Crippen LogP contribution is 2.22. The Labute approximate surface area is 143 Å². The number of anilines is 1. The van der Waals surface area contributed by atoms with E-state index in [1.807, 2.05) is 24.1 Å². The molecule has 9 heteroatoms. The number of aromatic nitrogens is 2.